The average molecular weight is 443 g/mol. The molecular weight excluding hydrogens is 418 g/mol. The number of urea groups is 1. The fraction of sp³-hybridized carbons (Fsp3) is 0.476. The number of ether oxygens (including phenoxy) is 2. The number of aromatic nitrogens is 1. The molecule has 0 spiro atoms. The summed E-state index contributed by atoms with van der Waals surface area (Å²) >= 11 is 0. The highest BCUT2D eigenvalue weighted by Gasteiger charge is 2.42. The lowest BCUT2D eigenvalue weighted by molar-refractivity contribution is -0.158. The molecule has 32 heavy (non-hydrogen) atoms. The first-order chi connectivity index (χ1) is 15.1. The first-order valence-corrected chi connectivity index (χ1v) is 10.3. The third-order valence-corrected chi connectivity index (χ3v) is 5.28. The topological polar surface area (TPSA) is 130 Å². The molecule has 2 fully saturated rings. The van der Waals surface area contributed by atoms with Crippen LogP contribution in [0.4, 0.5) is 10.6 Å². The van der Waals surface area contributed by atoms with Gasteiger partial charge in [-0.3, -0.25) is 14.4 Å². The van der Waals surface area contributed by atoms with Crippen LogP contribution in [0.2, 0.25) is 0 Å². The summed E-state index contributed by atoms with van der Waals surface area (Å²) in [6.45, 7) is 6.08. The molecular formula is C21H25N5O6. The molecule has 3 aliphatic rings. The normalized spacial score (nSPS) is 20.8. The van der Waals surface area contributed by atoms with Gasteiger partial charge >= 0.3 is 12.0 Å². The molecule has 170 valence electrons. The van der Waals surface area contributed by atoms with Crippen LogP contribution in [-0.2, 0) is 19.1 Å². The first-order valence-electron chi connectivity index (χ1n) is 10.3. The maximum Gasteiger partial charge on any atom is 0.327 e. The summed E-state index contributed by atoms with van der Waals surface area (Å²) in [4.78, 5) is 56.1. The lowest BCUT2D eigenvalue weighted by Crippen LogP contribution is -2.48. The van der Waals surface area contributed by atoms with Gasteiger partial charge in [0, 0.05) is 18.7 Å². The number of carbonyl (C=O) groups is 4. The minimum Gasteiger partial charge on any atom is -0.487 e. The van der Waals surface area contributed by atoms with E-state index in [1.807, 2.05) is 4.90 Å². The van der Waals surface area contributed by atoms with Gasteiger partial charge in [-0.05, 0) is 39.0 Å². The Kier molecular flexibility index (Phi) is 5.49. The van der Waals surface area contributed by atoms with Gasteiger partial charge in [-0.2, -0.15) is 0 Å². The van der Waals surface area contributed by atoms with Gasteiger partial charge in [0.15, 0.2) is 6.73 Å². The largest absolute Gasteiger partial charge is 0.487 e. The molecule has 4 heterocycles. The number of imide groups is 1. The Bertz CT molecular complexity index is 1010. The molecule has 0 aromatic carbocycles. The number of hydrogen-bond donors (Lipinski definition) is 2. The van der Waals surface area contributed by atoms with Crippen molar-refractivity contribution in [3.63, 3.8) is 0 Å². The van der Waals surface area contributed by atoms with Gasteiger partial charge in [0.05, 0.1) is 12.0 Å². The van der Waals surface area contributed by atoms with Gasteiger partial charge in [-0.25, -0.2) is 14.7 Å². The number of pyridine rings is 1. The third-order valence-electron chi connectivity index (χ3n) is 5.28. The molecule has 4 rings (SSSR count). The number of esters is 1. The van der Waals surface area contributed by atoms with Crippen molar-refractivity contribution in [1.29, 1.82) is 0 Å². The second-order valence-electron chi connectivity index (χ2n) is 8.79. The summed E-state index contributed by atoms with van der Waals surface area (Å²) in [7, 11) is 0. The van der Waals surface area contributed by atoms with Crippen molar-refractivity contribution in [3.8, 4) is 5.75 Å². The van der Waals surface area contributed by atoms with Crippen molar-refractivity contribution in [2.45, 2.75) is 26.8 Å². The standard InChI is InChI=1S/C21H25N5O6/c1-21(2,3)19(29)32-11-26-18(28)17(24-20(26)30)12-8-13-14(31-10-12)4-5-15(23-13)25-7-6-22-16(27)9-25/h4-5,8,17H,6-7,9-11H2,1-3H3,(H,22,27)(H,24,30)/t17-/m0/s1. The van der Waals surface area contributed by atoms with E-state index >= 15 is 0 Å². The van der Waals surface area contributed by atoms with E-state index in [0.29, 0.717) is 35.9 Å². The van der Waals surface area contributed by atoms with Gasteiger partial charge in [-0.1, -0.05) is 0 Å². The predicted octanol–water partition coefficient (Wildman–Crippen LogP) is 0.261. The highest BCUT2D eigenvalue weighted by atomic mass is 16.5. The minimum absolute atomic E-state index is 0.0743. The fourth-order valence-corrected chi connectivity index (χ4v) is 3.46. The van der Waals surface area contributed by atoms with E-state index in [4.69, 9.17) is 9.47 Å². The van der Waals surface area contributed by atoms with Crippen LogP contribution in [0.15, 0.2) is 17.7 Å². The van der Waals surface area contributed by atoms with Crippen LogP contribution in [0.3, 0.4) is 0 Å². The summed E-state index contributed by atoms with van der Waals surface area (Å²) in [5.41, 5.74) is 0.288. The number of rotatable bonds is 4. The second-order valence-corrected chi connectivity index (χ2v) is 8.79. The van der Waals surface area contributed by atoms with Gasteiger partial charge in [0.25, 0.3) is 5.91 Å². The van der Waals surface area contributed by atoms with Gasteiger partial charge in [-0.15, -0.1) is 0 Å². The van der Waals surface area contributed by atoms with Crippen molar-refractivity contribution < 1.29 is 28.7 Å². The Morgan fingerprint density at radius 2 is 2.06 bits per heavy atom. The summed E-state index contributed by atoms with van der Waals surface area (Å²) in [6.07, 6.45) is 1.71. The minimum atomic E-state index is -0.935. The zero-order valence-electron chi connectivity index (χ0n) is 18.1. The van der Waals surface area contributed by atoms with E-state index in [1.54, 1.807) is 39.0 Å². The maximum absolute atomic E-state index is 12.8. The third kappa shape index (κ3) is 4.23. The summed E-state index contributed by atoms with van der Waals surface area (Å²) < 4.78 is 10.9. The number of nitrogens with one attached hydrogen (secondary N) is 2. The van der Waals surface area contributed by atoms with Crippen molar-refractivity contribution in [1.82, 2.24) is 20.5 Å². The van der Waals surface area contributed by atoms with Crippen molar-refractivity contribution in [3.05, 3.63) is 23.4 Å². The van der Waals surface area contributed by atoms with E-state index in [2.05, 4.69) is 15.6 Å². The van der Waals surface area contributed by atoms with Crippen LogP contribution in [0.25, 0.3) is 6.08 Å². The fourth-order valence-electron chi connectivity index (χ4n) is 3.46. The first kappa shape index (κ1) is 21.6. The molecule has 0 aliphatic carbocycles. The molecule has 4 amide bonds. The Hall–Kier alpha value is -3.63. The molecule has 1 aromatic rings. The van der Waals surface area contributed by atoms with Crippen LogP contribution in [-0.4, -0.2) is 72.7 Å². The van der Waals surface area contributed by atoms with Gasteiger partial charge in [0.2, 0.25) is 5.91 Å². The number of carbonyl (C=O) groups excluding carboxylic acids is 4. The number of hydrogen-bond acceptors (Lipinski definition) is 8. The lowest BCUT2D eigenvalue weighted by Gasteiger charge is -2.28. The molecule has 0 bridgehead atoms. The Morgan fingerprint density at radius 3 is 2.78 bits per heavy atom. The molecule has 2 N–H and O–H groups in total. The molecule has 0 unspecified atom stereocenters. The molecule has 3 aliphatic heterocycles. The summed E-state index contributed by atoms with van der Waals surface area (Å²) in [5, 5.41) is 5.38. The van der Waals surface area contributed by atoms with Gasteiger partial charge in [0.1, 0.15) is 29.9 Å². The maximum atomic E-state index is 12.8. The zero-order valence-corrected chi connectivity index (χ0v) is 18.1. The van der Waals surface area contributed by atoms with Crippen LogP contribution in [0.1, 0.15) is 26.5 Å². The molecule has 2 saturated heterocycles. The molecule has 1 atom stereocenters. The number of nitrogens with zero attached hydrogens (tertiary/aromatic N) is 3. The highest BCUT2D eigenvalue weighted by molar-refractivity contribution is 6.06. The zero-order chi connectivity index (χ0) is 23.0. The number of piperazine rings is 1. The summed E-state index contributed by atoms with van der Waals surface area (Å²) in [6, 6.07) is 1.97. The van der Waals surface area contributed by atoms with Crippen molar-refractivity contribution in [2.24, 2.45) is 5.41 Å². The monoisotopic (exact) mass is 443 g/mol. The predicted molar refractivity (Wildman–Crippen MR) is 113 cm³/mol. The molecule has 11 nitrogen and oxygen atoms in total. The molecule has 0 saturated carbocycles. The Labute approximate surface area is 184 Å². The lowest BCUT2D eigenvalue weighted by atomic mass is 9.98. The highest BCUT2D eigenvalue weighted by Crippen LogP contribution is 2.30. The second kappa shape index (κ2) is 8.13. The summed E-state index contributed by atoms with van der Waals surface area (Å²) in [5.74, 6) is 0.0522. The number of amides is 4. The van der Waals surface area contributed by atoms with Crippen molar-refractivity contribution in [2.75, 3.05) is 37.9 Å². The van der Waals surface area contributed by atoms with Gasteiger partial charge < -0.3 is 25.0 Å². The number of fused-ring (bicyclic) bond motifs is 1. The number of anilines is 1. The van der Waals surface area contributed by atoms with E-state index < -0.39 is 36.1 Å². The smallest absolute Gasteiger partial charge is 0.327 e. The quantitative estimate of drug-likeness (QED) is 0.501. The van der Waals surface area contributed by atoms with E-state index in [1.165, 1.54) is 0 Å². The van der Waals surface area contributed by atoms with Crippen LogP contribution in [0, 0.1) is 5.41 Å². The van der Waals surface area contributed by atoms with E-state index in [9.17, 15) is 19.2 Å². The van der Waals surface area contributed by atoms with Crippen LogP contribution in [0.5, 0.6) is 5.75 Å². The molecule has 11 heteroatoms. The Balaban J connectivity index is 1.50. The van der Waals surface area contributed by atoms with Crippen LogP contribution >= 0.6 is 0 Å². The van der Waals surface area contributed by atoms with Crippen LogP contribution < -0.4 is 20.3 Å². The SMILES string of the molecule is CC(C)(C)C(=O)OCN1C(=O)N[C@@H](C2=Cc3nc(N4CCNC(=O)C4)ccc3OC2)C1=O. The van der Waals surface area contributed by atoms with Crippen molar-refractivity contribution >= 4 is 35.7 Å². The van der Waals surface area contributed by atoms with E-state index in [0.717, 1.165) is 4.90 Å². The molecule has 0 radical (unpaired) electrons. The average Bonchev–Trinajstić information content (AvgIpc) is 3.04. The van der Waals surface area contributed by atoms with E-state index in [-0.39, 0.29) is 19.1 Å². The molecule has 1 aromatic heterocycles. The Morgan fingerprint density at radius 1 is 1.28 bits per heavy atom.